The van der Waals surface area contributed by atoms with Gasteiger partial charge in [-0.2, -0.15) is 9.97 Å². The minimum absolute atomic E-state index is 0.0173. The zero-order valence-electron chi connectivity index (χ0n) is 27.6. The molecular formula is C36H42N8O5. The molecule has 13 nitrogen and oxygen atoms in total. The zero-order chi connectivity index (χ0) is 33.9. The molecule has 1 amide bonds. The normalized spacial score (nSPS) is 23.9. The van der Waals surface area contributed by atoms with Crippen LogP contribution in [-0.2, 0) is 16.0 Å². The van der Waals surface area contributed by atoms with Crippen LogP contribution in [-0.4, -0.2) is 71.6 Å². The van der Waals surface area contributed by atoms with Gasteiger partial charge in [0, 0.05) is 37.5 Å². The van der Waals surface area contributed by atoms with Gasteiger partial charge in [0.1, 0.15) is 18.3 Å². The number of rotatable bonds is 11. The fourth-order valence-corrected chi connectivity index (χ4v) is 6.89. The van der Waals surface area contributed by atoms with Gasteiger partial charge in [0.2, 0.25) is 11.9 Å². The lowest BCUT2D eigenvalue weighted by Crippen LogP contribution is -2.39. The lowest BCUT2D eigenvalue weighted by molar-refractivity contribution is -0.119. The third-order valence-electron chi connectivity index (χ3n) is 9.50. The van der Waals surface area contributed by atoms with E-state index in [2.05, 4.69) is 50.4 Å². The zero-order valence-corrected chi connectivity index (χ0v) is 27.6. The number of aliphatic hydroxyl groups is 2. The Kier molecular flexibility index (Phi) is 9.56. The quantitative estimate of drug-likeness (QED) is 0.135. The molecule has 4 atom stereocenters. The molecule has 0 spiro atoms. The van der Waals surface area contributed by atoms with Crippen LogP contribution in [0.1, 0.15) is 80.4 Å². The molecule has 5 N–H and O–H groups in total. The van der Waals surface area contributed by atoms with Gasteiger partial charge in [-0.1, -0.05) is 72.7 Å². The Morgan fingerprint density at radius 1 is 0.959 bits per heavy atom. The summed E-state index contributed by atoms with van der Waals surface area (Å²) in [5.41, 5.74) is 3.99. The van der Waals surface area contributed by atoms with E-state index in [0.717, 1.165) is 42.5 Å². The number of ether oxygens (including phenoxy) is 1. The summed E-state index contributed by atoms with van der Waals surface area (Å²) in [5.74, 6) is 1.29. The van der Waals surface area contributed by atoms with Crippen LogP contribution in [0.4, 0.5) is 11.8 Å². The summed E-state index contributed by atoms with van der Waals surface area (Å²) in [6, 6.07) is 22.6. The third-order valence-corrected chi connectivity index (χ3v) is 9.50. The molecule has 5 aromatic rings. The number of hydrogen-bond donors (Lipinski definition) is 5. The number of anilines is 2. The van der Waals surface area contributed by atoms with E-state index in [1.807, 2.05) is 43.3 Å². The number of benzene rings is 2. The summed E-state index contributed by atoms with van der Waals surface area (Å²) >= 11 is 0. The number of fused-ring (bicyclic) bond motifs is 1. The standard InChI is InChI=1S/C36H42N8O5/c1-3-24-18-28(49-43-24)32-30(46)31(47)35(48-32)44-20-38-29-33(37-19-27(22-10-6-4-7-11-22)23-12-8-5-9-13-23)41-36(42-34(29)44)40-26-16-14-25(15-17-26)39-21(2)45/h4-13,18,20,25-27,30-32,35,46-47H,3,14-17,19H2,1-2H3,(H,39,45)(H2,37,40,41,42)/t25?,26?,30?,31-,32-,35-/m1/s1. The number of aliphatic hydroxyl groups excluding tert-OH is 2. The van der Waals surface area contributed by atoms with E-state index in [4.69, 9.17) is 19.2 Å². The SMILES string of the molecule is CCc1cc([C@H]2O[C@@H](n3cnc4c(NCC(c5ccccc5)c5ccccc5)nc(NC5CCC(NC(C)=O)CC5)nc43)[C@H](O)C2O)on1. The number of aromatic nitrogens is 5. The van der Waals surface area contributed by atoms with Crippen molar-refractivity contribution in [2.24, 2.45) is 0 Å². The number of nitrogens with one attached hydrogen (secondary N) is 3. The number of aryl methyl sites for hydroxylation is 1. The maximum absolute atomic E-state index is 11.6. The molecule has 49 heavy (non-hydrogen) atoms. The van der Waals surface area contributed by atoms with Gasteiger partial charge in [0.05, 0.1) is 12.0 Å². The molecule has 2 aromatic carbocycles. The van der Waals surface area contributed by atoms with Gasteiger partial charge in [-0.3, -0.25) is 9.36 Å². The Hall–Kier alpha value is -4.85. The summed E-state index contributed by atoms with van der Waals surface area (Å²) in [6.45, 7) is 4.03. The first-order valence-electron chi connectivity index (χ1n) is 17.0. The molecule has 0 bridgehead atoms. The van der Waals surface area contributed by atoms with Crippen LogP contribution < -0.4 is 16.0 Å². The van der Waals surface area contributed by atoms with Crippen molar-refractivity contribution in [1.82, 2.24) is 30.0 Å². The first kappa shape index (κ1) is 32.7. The summed E-state index contributed by atoms with van der Waals surface area (Å²) in [4.78, 5) is 26.1. The maximum atomic E-state index is 11.6. The molecular weight excluding hydrogens is 624 g/mol. The van der Waals surface area contributed by atoms with Crippen molar-refractivity contribution >= 4 is 28.8 Å². The molecule has 13 heteroatoms. The number of imidazole rings is 1. The number of nitrogens with zero attached hydrogens (tertiary/aromatic N) is 5. The number of amides is 1. The predicted molar refractivity (Wildman–Crippen MR) is 183 cm³/mol. The monoisotopic (exact) mass is 666 g/mol. The molecule has 2 fully saturated rings. The van der Waals surface area contributed by atoms with Crippen LogP contribution in [0, 0.1) is 0 Å². The number of carbonyl (C=O) groups is 1. The van der Waals surface area contributed by atoms with E-state index in [9.17, 15) is 15.0 Å². The van der Waals surface area contributed by atoms with Gasteiger partial charge in [0.15, 0.2) is 29.0 Å². The molecule has 1 saturated heterocycles. The highest BCUT2D eigenvalue weighted by molar-refractivity contribution is 5.84. The molecule has 7 rings (SSSR count). The molecule has 2 aliphatic rings. The molecule has 1 saturated carbocycles. The highest BCUT2D eigenvalue weighted by atomic mass is 16.6. The Morgan fingerprint density at radius 2 is 1.63 bits per heavy atom. The van der Waals surface area contributed by atoms with Gasteiger partial charge >= 0.3 is 0 Å². The van der Waals surface area contributed by atoms with Crippen LogP contribution in [0.25, 0.3) is 11.2 Å². The van der Waals surface area contributed by atoms with Crippen molar-refractivity contribution in [3.8, 4) is 0 Å². The minimum Gasteiger partial charge on any atom is -0.387 e. The lowest BCUT2D eigenvalue weighted by Gasteiger charge is -2.29. The van der Waals surface area contributed by atoms with Crippen molar-refractivity contribution in [3.05, 3.63) is 95.6 Å². The highest BCUT2D eigenvalue weighted by Gasteiger charge is 2.47. The first-order valence-corrected chi connectivity index (χ1v) is 17.0. The summed E-state index contributed by atoms with van der Waals surface area (Å²) < 4.78 is 13.3. The van der Waals surface area contributed by atoms with Crippen LogP contribution in [0.15, 0.2) is 77.6 Å². The van der Waals surface area contributed by atoms with E-state index >= 15 is 0 Å². The minimum atomic E-state index is -1.29. The van der Waals surface area contributed by atoms with Gasteiger partial charge in [-0.15, -0.1) is 0 Å². The van der Waals surface area contributed by atoms with Crippen molar-refractivity contribution in [3.63, 3.8) is 0 Å². The molecule has 1 aliphatic heterocycles. The van der Waals surface area contributed by atoms with E-state index in [0.29, 0.717) is 41.7 Å². The van der Waals surface area contributed by atoms with Crippen LogP contribution in [0.3, 0.4) is 0 Å². The Labute approximate surface area is 284 Å². The van der Waals surface area contributed by atoms with Crippen LogP contribution in [0.5, 0.6) is 0 Å². The fraction of sp³-hybridized carbons (Fsp3) is 0.417. The second-order valence-corrected chi connectivity index (χ2v) is 12.9. The largest absolute Gasteiger partial charge is 0.387 e. The first-order chi connectivity index (χ1) is 23.9. The maximum Gasteiger partial charge on any atom is 0.227 e. The summed E-state index contributed by atoms with van der Waals surface area (Å²) in [7, 11) is 0. The van der Waals surface area contributed by atoms with Crippen molar-refractivity contribution in [2.45, 2.75) is 88.5 Å². The molecule has 3 aromatic heterocycles. The van der Waals surface area contributed by atoms with E-state index in [1.165, 1.54) is 0 Å². The average molecular weight is 667 g/mol. The van der Waals surface area contributed by atoms with Gasteiger partial charge in [-0.05, 0) is 43.2 Å². The molecule has 4 heterocycles. The van der Waals surface area contributed by atoms with Gasteiger partial charge in [0.25, 0.3) is 0 Å². The fourth-order valence-electron chi connectivity index (χ4n) is 6.89. The van der Waals surface area contributed by atoms with Gasteiger partial charge in [-0.25, -0.2) is 4.98 Å². The van der Waals surface area contributed by atoms with Crippen LogP contribution in [0.2, 0.25) is 0 Å². The second-order valence-electron chi connectivity index (χ2n) is 12.9. The smallest absolute Gasteiger partial charge is 0.227 e. The van der Waals surface area contributed by atoms with Crippen LogP contribution >= 0.6 is 0 Å². The molecule has 0 radical (unpaired) electrons. The molecule has 1 aliphatic carbocycles. The second kappa shape index (κ2) is 14.3. The summed E-state index contributed by atoms with van der Waals surface area (Å²) in [5, 5.41) is 36.4. The third kappa shape index (κ3) is 7.00. The number of carbonyl (C=O) groups excluding carboxylic acids is 1. The predicted octanol–water partition coefficient (Wildman–Crippen LogP) is 4.47. The highest BCUT2D eigenvalue weighted by Crippen LogP contribution is 2.40. The number of hydrogen-bond acceptors (Lipinski definition) is 11. The Bertz CT molecular complexity index is 1820. The molecule has 256 valence electrons. The van der Waals surface area contributed by atoms with E-state index in [1.54, 1.807) is 23.9 Å². The Balaban J connectivity index is 1.20. The lowest BCUT2D eigenvalue weighted by atomic mass is 9.91. The van der Waals surface area contributed by atoms with Crippen molar-refractivity contribution in [2.75, 3.05) is 17.2 Å². The van der Waals surface area contributed by atoms with Crippen molar-refractivity contribution in [1.29, 1.82) is 0 Å². The molecule has 1 unspecified atom stereocenters. The topological polar surface area (TPSA) is 172 Å². The Morgan fingerprint density at radius 3 is 2.27 bits per heavy atom. The van der Waals surface area contributed by atoms with E-state index < -0.39 is 24.5 Å². The average Bonchev–Trinajstić information content (AvgIpc) is 3.84. The van der Waals surface area contributed by atoms with Gasteiger partial charge < -0.3 is 35.4 Å². The van der Waals surface area contributed by atoms with Crippen molar-refractivity contribution < 1.29 is 24.3 Å². The van der Waals surface area contributed by atoms with E-state index in [-0.39, 0.29) is 23.9 Å². The summed E-state index contributed by atoms with van der Waals surface area (Å²) in [6.07, 6.45) is 1.14.